The molecule has 30 heavy (non-hydrogen) atoms. The van der Waals surface area contributed by atoms with Gasteiger partial charge in [0.1, 0.15) is 0 Å². The number of nitrogens with two attached hydrogens (primary N) is 1. The van der Waals surface area contributed by atoms with E-state index in [1.54, 1.807) is 23.0 Å². The van der Waals surface area contributed by atoms with Gasteiger partial charge in [0, 0.05) is 31.3 Å². The molecule has 2 amide bonds. The van der Waals surface area contributed by atoms with Crippen LogP contribution < -0.4 is 16.0 Å². The van der Waals surface area contributed by atoms with Gasteiger partial charge in [-0.05, 0) is 55.2 Å². The minimum atomic E-state index is -0.508. The number of carbonyl (C=O) groups is 2. The second-order valence-corrected chi connectivity index (χ2v) is 7.47. The molecule has 1 aliphatic heterocycles. The molecule has 7 heteroatoms. The van der Waals surface area contributed by atoms with Crippen LogP contribution in [0.2, 0.25) is 0 Å². The van der Waals surface area contributed by atoms with Crippen LogP contribution in [0.25, 0.3) is 5.69 Å². The molecular weight excluding hydrogens is 378 g/mol. The first kappa shape index (κ1) is 19.7. The lowest BCUT2D eigenvalue weighted by Gasteiger charge is -2.22. The number of rotatable bonds is 7. The smallest absolute Gasteiger partial charge is 0.248 e. The number of anilines is 2. The number of carbonyl (C=O) groups excluding carboxylic acids is 2. The summed E-state index contributed by atoms with van der Waals surface area (Å²) in [5, 5.41) is 7.35. The molecule has 154 valence electrons. The van der Waals surface area contributed by atoms with Crippen molar-refractivity contribution in [3.8, 4) is 5.69 Å². The average molecular weight is 403 g/mol. The minimum absolute atomic E-state index is 0.107. The van der Waals surface area contributed by atoms with Crippen molar-refractivity contribution >= 4 is 23.2 Å². The highest BCUT2D eigenvalue weighted by molar-refractivity contribution is 5.99. The molecule has 2 heterocycles. The SMILES string of the molecule is NC(=O)c1ccc(N2CCCC2)c(NC(=O)CCc2cnn(-c3ccccc3)c2)c1. The van der Waals surface area contributed by atoms with Gasteiger partial charge >= 0.3 is 0 Å². The Kier molecular flexibility index (Phi) is 5.79. The van der Waals surface area contributed by atoms with Crippen molar-refractivity contribution in [2.75, 3.05) is 23.3 Å². The lowest BCUT2D eigenvalue weighted by molar-refractivity contribution is -0.116. The van der Waals surface area contributed by atoms with Crippen molar-refractivity contribution < 1.29 is 9.59 Å². The van der Waals surface area contributed by atoms with E-state index in [9.17, 15) is 9.59 Å². The van der Waals surface area contributed by atoms with Gasteiger partial charge in [-0.1, -0.05) is 18.2 Å². The standard InChI is InChI=1S/C23H25N5O2/c24-23(30)18-9-10-21(27-12-4-5-13-27)20(14-18)26-22(29)11-8-17-15-25-28(16-17)19-6-2-1-3-7-19/h1-3,6-7,9-10,14-16H,4-5,8,11-13H2,(H2,24,30)(H,26,29). The predicted molar refractivity (Wildman–Crippen MR) is 117 cm³/mol. The van der Waals surface area contributed by atoms with Gasteiger partial charge in [-0.2, -0.15) is 5.10 Å². The number of nitrogens with zero attached hydrogens (tertiary/aromatic N) is 3. The van der Waals surface area contributed by atoms with Crippen molar-refractivity contribution in [2.24, 2.45) is 5.73 Å². The Balaban J connectivity index is 1.43. The molecule has 0 aliphatic carbocycles. The van der Waals surface area contributed by atoms with Crippen LogP contribution in [0.1, 0.15) is 35.2 Å². The van der Waals surface area contributed by atoms with E-state index in [0.29, 0.717) is 24.1 Å². The first-order chi connectivity index (χ1) is 14.6. The second-order valence-electron chi connectivity index (χ2n) is 7.47. The first-order valence-electron chi connectivity index (χ1n) is 10.2. The van der Waals surface area contributed by atoms with Crippen molar-refractivity contribution in [2.45, 2.75) is 25.7 Å². The van der Waals surface area contributed by atoms with Crippen molar-refractivity contribution in [1.29, 1.82) is 0 Å². The summed E-state index contributed by atoms with van der Waals surface area (Å²) >= 11 is 0. The van der Waals surface area contributed by atoms with E-state index in [2.05, 4.69) is 15.3 Å². The quantitative estimate of drug-likeness (QED) is 0.634. The van der Waals surface area contributed by atoms with Crippen LogP contribution >= 0.6 is 0 Å². The van der Waals surface area contributed by atoms with E-state index in [1.807, 2.05) is 42.6 Å². The highest BCUT2D eigenvalue weighted by Crippen LogP contribution is 2.30. The van der Waals surface area contributed by atoms with Crippen LogP contribution in [0.15, 0.2) is 60.9 Å². The summed E-state index contributed by atoms with van der Waals surface area (Å²) in [7, 11) is 0. The Morgan fingerprint density at radius 2 is 1.83 bits per heavy atom. The topological polar surface area (TPSA) is 93.2 Å². The van der Waals surface area contributed by atoms with E-state index in [4.69, 9.17) is 5.73 Å². The Labute approximate surface area is 175 Å². The number of hydrogen-bond donors (Lipinski definition) is 2. The van der Waals surface area contributed by atoms with Gasteiger partial charge in [0.05, 0.1) is 23.3 Å². The Morgan fingerprint density at radius 1 is 1.07 bits per heavy atom. The molecule has 0 saturated carbocycles. The van der Waals surface area contributed by atoms with Crippen LogP contribution in [0.5, 0.6) is 0 Å². The highest BCUT2D eigenvalue weighted by Gasteiger charge is 2.18. The molecule has 0 atom stereocenters. The largest absolute Gasteiger partial charge is 0.370 e. The molecule has 2 aromatic carbocycles. The van der Waals surface area contributed by atoms with E-state index < -0.39 is 5.91 Å². The van der Waals surface area contributed by atoms with E-state index >= 15 is 0 Å². The summed E-state index contributed by atoms with van der Waals surface area (Å²) in [6, 6.07) is 15.1. The summed E-state index contributed by atoms with van der Waals surface area (Å²) in [4.78, 5) is 26.5. The number of hydrogen-bond acceptors (Lipinski definition) is 4. The number of nitrogens with one attached hydrogen (secondary N) is 1. The maximum absolute atomic E-state index is 12.6. The molecule has 1 saturated heterocycles. The molecule has 0 spiro atoms. The lowest BCUT2D eigenvalue weighted by Crippen LogP contribution is -2.22. The van der Waals surface area contributed by atoms with Gasteiger partial charge in [0.15, 0.2) is 0 Å². The predicted octanol–water partition coefficient (Wildman–Crippen LogP) is 3.14. The number of para-hydroxylation sites is 1. The molecule has 3 aromatic rings. The van der Waals surface area contributed by atoms with Crippen LogP contribution in [0, 0.1) is 0 Å². The van der Waals surface area contributed by atoms with Gasteiger partial charge in [-0.3, -0.25) is 9.59 Å². The summed E-state index contributed by atoms with van der Waals surface area (Å²) in [5.41, 5.74) is 9.35. The molecule has 4 rings (SSSR count). The van der Waals surface area contributed by atoms with Gasteiger partial charge in [0.25, 0.3) is 0 Å². The molecular formula is C23H25N5O2. The number of aromatic nitrogens is 2. The zero-order valence-corrected chi connectivity index (χ0v) is 16.8. The Morgan fingerprint density at radius 3 is 2.57 bits per heavy atom. The van der Waals surface area contributed by atoms with Crippen molar-refractivity contribution in [3.63, 3.8) is 0 Å². The van der Waals surface area contributed by atoms with Gasteiger partial charge in [0.2, 0.25) is 11.8 Å². The molecule has 7 nitrogen and oxygen atoms in total. The monoisotopic (exact) mass is 403 g/mol. The second kappa shape index (κ2) is 8.82. The molecule has 1 fully saturated rings. The van der Waals surface area contributed by atoms with E-state index in [1.165, 1.54) is 0 Å². The van der Waals surface area contributed by atoms with Crippen LogP contribution in [-0.4, -0.2) is 34.7 Å². The van der Waals surface area contributed by atoms with Crippen molar-refractivity contribution in [1.82, 2.24) is 9.78 Å². The fourth-order valence-corrected chi connectivity index (χ4v) is 3.70. The zero-order chi connectivity index (χ0) is 20.9. The van der Waals surface area contributed by atoms with Gasteiger partial charge in [-0.15, -0.1) is 0 Å². The fraction of sp³-hybridized carbons (Fsp3) is 0.261. The minimum Gasteiger partial charge on any atom is -0.370 e. The summed E-state index contributed by atoms with van der Waals surface area (Å²) in [6.07, 6.45) is 6.86. The molecule has 0 unspecified atom stereocenters. The van der Waals surface area contributed by atoms with Crippen LogP contribution in [0.4, 0.5) is 11.4 Å². The highest BCUT2D eigenvalue weighted by atomic mass is 16.2. The van der Waals surface area contributed by atoms with Gasteiger partial charge in [-0.25, -0.2) is 4.68 Å². The third-order valence-electron chi connectivity index (χ3n) is 5.30. The summed E-state index contributed by atoms with van der Waals surface area (Å²) in [6.45, 7) is 1.88. The average Bonchev–Trinajstić information content (AvgIpc) is 3.45. The number of aryl methyl sites for hydroxylation is 1. The van der Waals surface area contributed by atoms with Gasteiger partial charge < -0.3 is 16.0 Å². The molecule has 1 aromatic heterocycles. The summed E-state index contributed by atoms with van der Waals surface area (Å²) < 4.78 is 1.80. The third-order valence-corrected chi connectivity index (χ3v) is 5.30. The van der Waals surface area contributed by atoms with Crippen molar-refractivity contribution in [3.05, 3.63) is 72.1 Å². The number of primary amides is 1. The molecule has 0 radical (unpaired) electrons. The lowest BCUT2D eigenvalue weighted by atomic mass is 10.1. The Hall–Kier alpha value is -3.61. The zero-order valence-electron chi connectivity index (χ0n) is 16.8. The molecule has 0 bridgehead atoms. The maximum Gasteiger partial charge on any atom is 0.248 e. The first-order valence-corrected chi connectivity index (χ1v) is 10.2. The van der Waals surface area contributed by atoms with Crippen LogP contribution in [-0.2, 0) is 11.2 Å². The molecule has 1 aliphatic rings. The maximum atomic E-state index is 12.6. The summed E-state index contributed by atoms with van der Waals surface area (Å²) in [5.74, 6) is -0.615. The van der Waals surface area contributed by atoms with E-state index in [0.717, 1.165) is 42.9 Å². The molecule has 3 N–H and O–H groups in total. The Bertz CT molecular complexity index is 1040. The fourth-order valence-electron chi connectivity index (χ4n) is 3.70. The number of amides is 2. The van der Waals surface area contributed by atoms with E-state index in [-0.39, 0.29) is 5.91 Å². The van der Waals surface area contributed by atoms with Crippen LogP contribution in [0.3, 0.4) is 0 Å². The normalized spacial score (nSPS) is 13.4. The number of benzene rings is 2. The third kappa shape index (κ3) is 4.51.